The van der Waals surface area contributed by atoms with Gasteiger partial charge in [-0.25, -0.2) is 0 Å². The van der Waals surface area contributed by atoms with E-state index in [2.05, 4.69) is 10.6 Å². The molecule has 7 heteroatoms. The number of carboxylic acid groups (broad SMARTS) is 1. The average molecular weight is 320 g/mol. The van der Waals surface area contributed by atoms with Crippen molar-refractivity contribution in [2.45, 2.75) is 25.7 Å². The number of hydrogen-bond acceptors (Lipinski definition) is 4. The molecule has 0 saturated heterocycles. The molecule has 0 bridgehead atoms. The van der Waals surface area contributed by atoms with E-state index in [0.717, 1.165) is 0 Å². The van der Waals surface area contributed by atoms with Crippen LogP contribution < -0.4 is 15.4 Å². The van der Waals surface area contributed by atoms with Crippen LogP contribution in [-0.4, -0.2) is 36.5 Å². The second kappa shape index (κ2) is 7.13. The number of carbonyl (C=O) groups is 3. The fraction of sp³-hybridized carbons (Fsp3) is 0.438. The number of amides is 2. The average Bonchev–Trinajstić information content (AvgIpc) is 3.34. The fourth-order valence-electron chi connectivity index (χ4n) is 2.22. The van der Waals surface area contributed by atoms with Crippen molar-refractivity contribution in [3.63, 3.8) is 0 Å². The number of anilines is 1. The molecule has 1 aliphatic rings. The molecule has 1 fully saturated rings. The maximum atomic E-state index is 12.2. The number of nitrogens with one attached hydrogen (secondary N) is 2. The van der Waals surface area contributed by atoms with Gasteiger partial charge in [0.15, 0.2) is 0 Å². The predicted molar refractivity (Wildman–Crippen MR) is 83.2 cm³/mol. The molecule has 0 unspecified atom stereocenters. The molecule has 7 nitrogen and oxygen atoms in total. The minimum absolute atomic E-state index is 0.0652. The first-order valence-corrected chi connectivity index (χ1v) is 7.46. The summed E-state index contributed by atoms with van der Waals surface area (Å²) in [5.74, 6) is -0.807. The van der Waals surface area contributed by atoms with E-state index in [1.165, 1.54) is 7.05 Å². The van der Waals surface area contributed by atoms with Gasteiger partial charge in [-0.3, -0.25) is 14.4 Å². The number of carboxylic acids is 1. The van der Waals surface area contributed by atoms with Crippen LogP contribution in [0.4, 0.5) is 5.69 Å². The van der Waals surface area contributed by atoms with E-state index in [4.69, 9.17) is 9.84 Å². The van der Waals surface area contributed by atoms with Gasteiger partial charge < -0.3 is 20.5 Å². The molecular weight excluding hydrogens is 300 g/mol. The summed E-state index contributed by atoms with van der Waals surface area (Å²) in [5.41, 5.74) is -0.344. The van der Waals surface area contributed by atoms with Crippen LogP contribution in [0.15, 0.2) is 24.3 Å². The molecule has 23 heavy (non-hydrogen) atoms. The zero-order valence-electron chi connectivity index (χ0n) is 12.9. The number of ether oxygens (including phenoxy) is 1. The molecule has 0 aromatic heterocycles. The molecule has 1 saturated carbocycles. The van der Waals surface area contributed by atoms with Gasteiger partial charge in [0, 0.05) is 19.2 Å². The predicted octanol–water partition coefficient (Wildman–Crippen LogP) is 1.39. The molecule has 0 aliphatic heterocycles. The lowest BCUT2D eigenvalue weighted by Gasteiger charge is -2.14. The Kier molecular flexibility index (Phi) is 5.20. The van der Waals surface area contributed by atoms with E-state index in [1.807, 2.05) is 0 Å². The quantitative estimate of drug-likeness (QED) is 0.496. The van der Waals surface area contributed by atoms with Gasteiger partial charge in [0.25, 0.3) is 0 Å². The normalized spacial score (nSPS) is 14.7. The van der Waals surface area contributed by atoms with Gasteiger partial charge in [-0.05, 0) is 43.5 Å². The van der Waals surface area contributed by atoms with Crippen LogP contribution in [0, 0.1) is 5.41 Å². The van der Waals surface area contributed by atoms with Gasteiger partial charge in [-0.1, -0.05) is 0 Å². The molecular formula is C16H20N2O5. The third-order valence-electron chi connectivity index (χ3n) is 3.76. The highest BCUT2D eigenvalue weighted by Crippen LogP contribution is 2.46. The summed E-state index contributed by atoms with van der Waals surface area (Å²) in [6, 6.07) is 6.75. The highest BCUT2D eigenvalue weighted by molar-refractivity contribution is 6.12. The van der Waals surface area contributed by atoms with E-state index in [9.17, 15) is 14.4 Å². The largest absolute Gasteiger partial charge is 0.494 e. The van der Waals surface area contributed by atoms with Crippen molar-refractivity contribution in [2.75, 3.05) is 19.0 Å². The summed E-state index contributed by atoms with van der Waals surface area (Å²) >= 11 is 0. The first-order chi connectivity index (χ1) is 11.0. The highest BCUT2D eigenvalue weighted by Gasteiger charge is 2.56. The van der Waals surface area contributed by atoms with E-state index in [0.29, 0.717) is 37.3 Å². The summed E-state index contributed by atoms with van der Waals surface area (Å²) in [7, 11) is 1.52. The first kappa shape index (κ1) is 16.8. The molecule has 0 heterocycles. The van der Waals surface area contributed by atoms with Gasteiger partial charge in [-0.15, -0.1) is 0 Å². The number of aliphatic carboxylic acids is 1. The zero-order chi connectivity index (χ0) is 16.9. The molecule has 0 spiro atoms. The van der Waals surface area contributed by atoms with Crippen LogP contribution in [0.25, 0.3) is 0 Å². The minimum atomic E-state index is -0.930. The Hall–Kier alpha value is -2.57. The molecule has 0 radical (unpaired) electrons. The second-order valence-electron chi connectivity index (χ2n) is 5.49. The Balaban J connectivity index is 1.84. The summed E-state index contributed by atoms with van der Waals surface area (Å²) < 4.78 is 5.41. The smallest absolute Gasteiger partial charge is 0.303 e. The topological polar surface area (TPSA) is 105 Å². The number of rotatable bonds is 8. The molecule has 2 amide bonds. The molecule has 1 aromatic rings. The Morgan fingerprint density at radius 2 is 1.83 bits per heavy atom. The maximum Gasteiger partial charge on any atom is 0.303 e. The zero-order valence-corrected chi connectivity index (χ0v) is 12.9. The van der Waals surface area contributed by atoms with Gasteiger partial charge in [0.05, 0.1) is 6.61 Å². The Morgan fingerprint density at radius 1 is 1.17 bits per heavy atom. The van der Waals surface area contributed by atoms with Crippen molar-refractivity contribution in [3.8, 4) is 5.75 Å². The van der Waals surface area contributed by atoms with Crippen LogP contribution in [0.1, 0.15) is 25.7 Å². The maximum absolute atomic E-state index is 12.2. The monoisotopic (exact) mass is 320 g/mol. The van der Waals surface area contributed by atoms with Crippen LogP contribution in [0.5, 0.6) is 5.75 Å². The van der Waals surface area contributed by atoms with Crippen LogP contribution in [0.2, 0.25) is 0 Å². The summed E-state index contributed by atoms with van der Waals surface area (Å²) in [6.45, 7) is 0.317. The molecule has 2 rings (SSSR count). The lowest BCUT2D eigenvalue weighted by Crippen LogP contribution is -2.38. The lowest BCUT2D eigenvalue weighted by atomic mass is 10.1. The van der Waals surface area contributed by atoms with Crippen LogP contribution >= 0.6 is 0 Å². The second-order valence-corrected chi connectivity index (χ2v) is 5.49. The third-order valence-corrected chi connectivity index (χ3v) is 3.76. The van der Waals surface area contributed by atoms with E-state index in [1.54, 1.807) is 24.3 Å². The van der Waals surface area contributed by atoms with Crippen molar-refractivity contribution in [2.24, 2.45) is 5.41 Å². The minimum Gasteiger partial charge on any atom is -0.494 e. The molecule has 3 N–H and O–H groups in total. The van der Waals surface area contributed by atoms with Crippen molar-refractivity contribution < 1.29 is 24.2 Å². The Labute approximate surface area is 134 Å². The van der Waals surface area contributed by atoms with Crippen molar-refractivity contribution in [1.29, 1.82) is 0 Å². The summed E-state index contributed by atoms with van der Waals surface area (Å²) in [6.07, 6.45) is 1.62. The van der Waals surface area contributed by atoms with Gasteiger partial charge >= 0.3 is 5.97 Å². The van der Waals surface area contributed by atoms with Gasteiger partial charge in [0.2, 0.25) is 11.8 Å². The van der Waals surface area contributed by atoms with Crippen molar-refractivity contribution in [1.82, 2.24) is 5.32 Å². The number of benzene rings is 1. The van der Waals surface area contributed by atoms with Gasteiger partial charge in [0.1, 0.15) is 11.2 Å². The van der Waals surface area contributed by atoms with Crippen LogP contribution in [0.3, 0.4) is 0 Å². The molecule has 124 valence electrons. The SMILES string of the molecule is CNC(=O)C1(C(=O)Nc2ccc(OCCCC(=O)O)cc2)CC1. The highest BCUT2D eigenvalue weighted by atomic mass is 16.5. The van der Waals surface area contributed by atoms with E-state index in [-0.39, 0.29) is 18.2 Å². The number of carbonyl (C=O) groups excluding carboxylic acids is 2. The Bertz CT molecular complexity index is 593. The standard InChI is InChI=1S/C16H20N2O5/c1-17-14(21)16(8-9-16)15(22)18-11-4-6-12(7-5-11)23-10-2-3-13(19)20/h4-7H,2-3,8-10H2,1H3,(H,17,21)(H,18,22)(H,19,20). The Morgan fingerprint density at radius 3 is 2.35 bits per heavy atom. The lowest BCUT2D eigenvalue weighted by molar-refractivity contribution is -0.137. The molecule has 0 atom stereocenters. The fourth-order valence-corrected chi connectivity index (χ4v) is 2.22. The molecule has 1 aromatic carbocycles. The summed E-state index contributed by atoms with van der Waals surface area (Å²) in [4.78, 5) is 34.3. The third kappa shape index (κ3) is 4.21. The van der Waals surface area contributed by atoms with Crippen LogP contribution in [-0.2, 0) is 14.4 Å². The van der Waals surface area contributed by atoms with Gasteiger partial charge in [-0.2, -0.15) is 0 Å². The first-order valence-electron chi connectivity index (χ1n) is 7.46. The number of hydrogen-bond donors (Lipinski definition) is 3. The van der Waals surface area contributed by atoms with E-state index >= 15 is 0 Å². The van der Waals surface area contributed by atoms with Crippen molar-refractivity contribution >= 4 is 23.5 Å². The van der Waals surface area contributed by atoms with E-state index < -0.39 is 11.4 Å². The van der Waals surface area contributed by atoms with Crippen molar-refractivity contribution in [3.05, 3.63) is 24.3 Å². The summed E-state index contributed by atoms with van der Waals surface area (Å²) in [5, 5.41) is 13.8. The molecule has 1 aliphatic carbocycles.